The largest absolute Gasteiger partial charge is 0.490 e. The Hall–Kier alpha value is -3.30. The van der Waals surface area contributed by atoms with E-state index in [1.54, 1.807) is 18.2 Å². The normalized spacial score (nSPS) is 17.6. The molecule has 150 valence electrons. The van der Waals surface area contributed by atoms with E-state index in [0.717, 1.165) is 11.3 Å². The molecule has 0 aliphatic carbocycles. The van der Waals surface area contributed by atoms with Crippen molar-refractivity contribution >= 4 is 29.5 Å². The second kappa shape index (κ2) is 7.75. The summed E-state index contributed by atoms with van der Waals surface area (Å²) in [5.41, 5.74) is -0.618. The number of rotatable bonds is 5. The van der Waals surface area contributed by atoms with E-state index in [0.29, 0.717) is 30.4 Å². The Kier molecular flexibility index (Phi) is 5.39. The molecule has 0 saturated carbocycles. The SMILES string of the molecule is CC1(C)NC(=O)N(CC(=O)OCC(=O)Nc2ccc3c(c2)OCCCO3)C1=O. The molecule has 1 aromatic rings. The van der Waals surface area contributed by atoms with E-state index in [1.807, 2.05) is 0 Å². The molecule has 0 bridgehead atoms. The van der Waals surface area contributed by atoms with Crippen molar-refractivity contribution in [2.75, 3.05) is 31.7 Å². The monoisotopic (exact) mass is 391 g/mol. The maximum Gasteiger partial charge on any atom is 0.326 e. The lowest BCUT2D eigenvalue weighted by molar-refractivity contribution is -0.150. The van der Waals surface area contributed by atoms with Gasteiger partial charge in [0.25, 0.3) is 11.8 Å². The van der Waals surface area contributed by atoms with Crippen LogP contribution in [0.25, 0.3) is 0 Å². The van der Waals surface area contributed by atoms with Gasteiger partial charge in [-0.05, 0) is 26.0 Å². The van der Waals surface area contributed by atoms with Gasteiger partial charge in [0.05, 0.1) is 13.2 Å². The number of anilines is 1. The van der Waals surface area contributed by atoms with E-state index in [4.69, 9.17) is 14.2 Å². The highest BCUT2D eigenvalue weighted by atomic mass is 16.5. The molecule has 1 aromatic carbocycles. The summed E-state index contributed by atoms with van der Waals surface area (Å²) >= 11 is 0. The fourth-order valence-corrected chi connectivity index (χ4v) is 2.72. The molecule has 2 N–H and O–H groups in total. The maximum absolute atomic E-state index is 12.0. The quantitative estimate of drug-likeness (QED) is 0.558. The average Bonchev–Trinajstić information content (AvgIpc) is 2.81. The first-order valence-corrected chi connectivity index (χ1v) is 8.75. The molecule has 28 heavy (non-hydrogen) atoms. The fraction of sp³-hybridized carbons (Fsp3) is 0.444. The minimum Gasteiger partial charge on any atom is -0.490 e. The lowest BCUT2D eigenvalue weighted by Crippen LogP contribution is -2.41. The van der Waals surface area contributed by atoms with Crippen LogP contribution in [0.15, 0.2) is 18.2 Å². The number of nitrogens with one attached hydrogen (secondary N) is 2. The molecule has 3 rings (SSSR count). The van der Waals surface area contributed by atoms with Gasteiger partial charge in [-0.2, -0.15) is 0 Å². The summed E-state index contributed by atoms with van der Waals surface area (Å²) in [5.74, 6) is -0.853. The van der Waals surface area contributed by atoms with Crippen LogP contribution in [0.5, 0.6) is 11.5 Å². The van der Waals surface area contributed by atoms with Gasteiger partial charge in [0, 0.05) is 18.2 Å². The first-order chi connectivity index (χ1) is 13.3. The van der Waals surface area contributed by atoms with Gasteiger partial charge in [0.15, 0.2) is 18.1 Å². The topological polar surface area (TPSA) is 123 Å². The molecule has 1 fully saturated rings. The summed E-state index contributed by atoms with van der Waals surface area (Å²) in [6.07, 6.45) is 0.765. The molecule has 0 radical (unpaired) electrons. The summed E-state index contributed by atoms with van der Waals surface area (Å²) in [6, 6.07) is 4.27. The Morgan fingerprint density at radius 3 is 2.61 bits per heavy atom. The van der Waals surface area contributed by atoms with Crippen LogP contribution in [0.4, 0.5) is 10.5 Å². The number of carbonyl (C=O) groups is 4. The van der Waals surface area contributed by atoms with Crippen LogP contribution in [0, 0.1) is 0 Å². The molecule has 10 nitrogen and oxygen atoms in total. The number of esters is 1. The van der Waals surface area contributed by atoms with E-state index >= 15 is 0 Å². The van der Waals surface area contributed by atoms with Crippen molar-refractivity contribution in [2.24, 2.45) is 0 Å². The van der Waals surface area contributed by atoms with Gasteiger partial charge < -0.3 is 24.8 Å². The zero-order valence-electron chi connectivity index (χ0n) is 15.6. The number of nitrogens with zero attached hydrogens (tertiary/aromatic N) is 1. The lowest BCUT2D eigenvalue weighted by Gasteiger charge is -2.15. The Bertz CT molecular complexity index is 821. The second-order valence-corrected chi connectivity index (χ2v) is 6.87. The van der Waals surface area contributed by atoms with E-state index in [9.17, 15) is 19.2 Å². The molecule has 2 aliphatic heterocycles. The zero-order chi connectivity index (χ0) is 20.3. The third kappa shape index (κ3) is 4.33. The molecule has 4 amide bonds. The van der Waals surface area contributed by atoms with Crippen LogP contribution < -0.4 is 20.1 Å². The number of hydrogen-bond donors (Lipinski definition) is 2. The highest BCUT2D eigenvalue weighted by molar-refractivity contribution is 6.08. The van der Waals surface area contributed by atoms with Crippen molar-refractivity contribution < 1.29 is 33.4 Å². The molecule has 0 unspecified atom stereocenters. The smallest absolute Gasteiger partial charge is 0.326 e. The number of amides is 4. The summed E-state index contributed by atoms with van der Waals surface area (Å²) in [7, 11) is 0. The minimum atomic E-state index is -1.08. The number of benzene rings is 1. The predicted octanol–water partition coefficient (Wildman–Crippen LogP) is 0.660. The Morgan fingerprint density at radius 2 is 1.93 bits per heavy atom. The number of fused-ring (bicyclic) bond motifs is 1. The summed E-state index contributed by atoms with van der Waals surface area (Å²) < 4.78 is 15.9. The Balaban J connectivity index is 1.49. The first-order valence-electron chi connectivity index (χ1n) is 8.75. The van der Waals surface area contributed by atoms with Crippen LogP contribution in [-0.4, -0.2) is 60.6 Å². The van der Waals surface area contributed by atoms with Gasteiger partial charge in [-0.25, -0.2) is 4.79 Å². The number of imide groups is 1. The van der Waals surface area contributed by atoms with Crippen LogP contribution in [0.2, 0.25) is 0 Å². The standard InChI is InChI=1S/C18H21N3O7/c1-18(2)16(24)21(17(25)20-18)9-15(23)28-10-14(22)19-11-4-5-12-13(8-11)27-7-3-6-26-12/h4-5,8H,3,6-7,9-10H2,1-2H3,(H,19,22)(H,20,25). The number of carbonyl (C=O) groups excluding carboxylic acids is 4. The van der Waals surface area contributed by atoms with Crippen molar-refractivity contribution in [3.63, 3.8) is 0 Å². The average molecular weight is 391 g/mol. The number of ether oxygens (including phenoxy) is 3. The van der Waals surface area contributed by atoms with E-state index in [-0.39, 0.29) is 0 Å². The molecule has 0 aromatic heterocycles. The molecular formula is C18H21N3O7. The van der Waals surface area contributed by atoms with Crippen LogP contribution >= 0.6 is 0 Å². The van der Waals surface area contributed by atoms with Crippen LogP contribution in [-0.2, 0) is 19.1 Å². The number of urea groups is 1. The van der Waals surface area contributed by atoms with Crippen molar-refractivity contribution in [1.29, 1.82) is 0 Å². The fourth-order valence-electron chi connectivity index (χ4n) is 2.72. The van der Waals surface area contributed by atoms with E-state index in [1.165, 1.54) is 13.8 Å². The highest BCUT2D eigenvalue weighted by Gasteiger charge is 2.45. The van der Waals surface area contributed by atoms with Crippen LogP contribution in [0.1, 0.15) is 20.3 Å². The maximum atomic E-state index is 12.0. The molecule has 2 heterocycles. The van der Waals surface area contributed by atoms with Crippen molar-refractivity contribution in [2.45, 2.75) is 25.8 Å². The van der Waals surface area contributed by atoms with Crippen LogP contribution in [0.3, 0.4) is 0 Å². The highest BCUT2D eigenvalue weighted by Crippen LogP contribution is 2.32. The minimum absolute atomic E-state index is 0.459. The van der Waals surface area contributed by atoms with Gasteiger partial charge in [-0.1, -0.05) is 0 Å². The van der Waals surface area contributed by atoms with E-state index < -0.39 is 42.5 Å². The van der Waals surface area contributed by atoms with Gasteiger partial charge in [-0.3, -0.25) is 19.3 Å². The summed E-state index contributed by atoms with van der Waals surface area (Å²) in [6.45, 7) is 3.01. The molecule has 0 spiro atoms. The number of hydrogen-bond acceptors (Lipinski definition) is 7. The molecular weight excluding hydrogens is 370 g/mol. The van der Waals surface area contributed by atoms with Gasteiger partial charge >= 0.3 is 12.0 Å². The molecule has 1 saturated heterocycles. The molecule has 10 heteroatoms. The van der Waals surface area contributed by atoms with E-state index in [2.05, 4.69) is 10.6 Å². The third-order valence-corrected chi connectivity index (χ3v) is 4.13. The van der Waals surface area contributed by atoms with Crippen molar-refractivity contribution in [3.8, 4) is 11.5 Å². The Labute approximate surface area is 161 Å². The van der Waals surface area contributed by atoms with Crippen molar-refractivity contribution in [1.82, 2.24) is 10.2 Å². The van der Waals surface area contributed by atoms with Gasteiger partial charge in [0.2, 0.25) is 0 Å². The first kappa shape index (κ1) is 19.5. The van der Waals surface area contributed by atoms with Gasteiger partial charge in [-0.15, -0.1) is 0 Å². The summed E-state index contributed by atoms with van der Waals surface area (Å²) in [4.78, 5) is 48.4. The molecule has 2 aliphatic rings. The third-order valence-electron chi connectivity index (χ3n) is 4.13. The summed E-state index contributed by atoms with van der Waals surface area (Å²) in [5, 5.41) is 5.03. The Morgan fingerprint density at radius 1 is 1.21 bits per heavy atom. The van der Waals surface area contributed by atoms with Gasteiger partial charge in [0.1, 0.15) is 12.1 Å². The zero-order valence-corrected chi connectivity index (χ0v) is 15.6. The second-order valence-electron chi connectivity index (χ2n) is 6.87. The predicted molar refractivity (Wildman–Crippen MR) is 96.0 cm³/mol. The molecule has 0 atom stereocenters. The van der Waals surface area contributed by atoms with Crippen molar-refractivity contribution in [3.05, 3.63) is 18.2 Å². The lowest BCUT2D eigenvalue weighted by atomic mass is 10.1.